The molecule has 0 unspecified atom stereocenters. The molecule has 536 valence electrons. The van der Waals surface area contributed by atoms with Crippen molar-refractivity contribution in [3.63, 3.8) is 0 Å². The minimum atomic E-state index is 0.208. The van der Waals surface area contributed by atoms with Crippen molar-refractivity contribution in [3.8, 4) is 74.1 Å². The first-order valence-corrected chi connectivity index (χ1v) is 34.5. The lowest BCUT2D eigenvalue weighted by atomic mass is 10.1. The number of aromatic nitrogens is 21. The number of fused-ring (bicyclic) bond motifs is 8. The van der Waals surface area contributed by atoms with E-state index in [0.29, 0.717) is 79.1 Å². The van der Waals surface area contributed by atoms with Crippen LogP contribution in [0.1, 0.15) is 23.3 Å². The van der Waals surface area contributed by atoms with Crippen molar-refractivity contribution in [2.45, 2.75) is 26.4 Å². The summed E-state index contributed by atoms with van der Waals surface area (Å²) in [4.78, 5) is 20.6. The number of pyridine rings is 4. The van der Waals surface area contributed by atoms with Gasteiger partial charge in [-0.2, -0.15) is 38.5 Å². The third-order valence-electron chi connectivity index (χ3n) is 17.1. The Balaban J connectivity index is 0.000000111. The molecule has 0 bridgehead atoms. The second-order valence-electron chi connectivity index (χ2n) is 23.9. The monoisotopic (exact) mass is 1480 g/mol. The van der Waals surface area contributed by atoms with E-state index in [4.69, 9.17) is 56.4 Å². The van der Waals surface area contributed by atoms with E-state index in [1.807, 2.05) is 206 Å². The van der Waals surface area contributed by atoms with Crippen molar-refractivity contribution in [1.29, 1.82) is 0 Å². The molecule has 19 rings (SSSR count). The van der Waals surface area contributed by atoms with Crippen LogP contribution >= 0.6 is 23.2 Å². The molecule has 19 aromatic rings. The van der Waals surface area contributed by atoms with E-state index in [1.54, 1.807) is 82.4 Å². The van der Waals surface area contributed by atoms with Crippen molar-refractivity contribution in [2.75, 3.05) is 21.3 Å². The minimum Gasteiger partial charge on any atom is -0.497 e. The van der Waals surface area contributed by atoms with E-state index >= 15 is 0 Å². The van der Waals surface area contributed by atoms with Crippen molar-refractivity contribution < 1.29 is 33.2 Å². The lowest BCUT2D eigenvalue weighted by Gasteiger charge is -2.09. The lowest BCUT2D eigenvalue weighted by Crippen LogP contribution is -2.05. The van der Waals surface area contributed by atoms with Gasteiger partial charge < -0.3 is 38.1 Å². The van der Waals surface area contributed by atoms with E-state index in [2.05, 4.69) is 86.1 Å². The molecule has 6 aromatic carbocycles. The predicted molar refractivity (Wildman–Crippen MR) is 408 cm³/mol. The molecular weight excluding hydrogens is 1430 g/mol. The Morgan fingerprint density at radius 1 is 0.321 bits per heavy atom. The van der Waals surface area contributed by atoms with Gasteiger partial charge in [0.2, 0.25) is 0 Å². The Kier molecular flexibility index (Phi) is 20.0. The van der Waals surface area contributed by atoms with Gasteiger partial charge in [-0.25, -0.2) is 0 Å². The van der Waals surface area contributed by atoms with Crippen LogP contribution in [0.2, 0.25) is 10.2 Å². The van der Waals surface area contributed by atoms with Gasteiger partial charge in [-0.05, 0) is 140 Å². The Hall–Kier alpha value is -14.4. The Bertz CT molecular complexity index is 6430. The number of methoxy groups -OCH3 is 3. The van der Waals surface area contributed by atoms with Gasteiger partial charge in [0.25, 0.3) is 0 Å². The zero-order valence-corrected chi connectivity index (χ0v) is 59.6. The summed E-state index contributed by atoms with van der Waals surface area (Å²) in [6, 6.07) is 68.6. The predicted octanol–water partition coefficient (Wildman–Crippen LogP) is 14.7. The number of nitrogens with one attached hydrogen (secondary N) is 1. The number of nitrogens with zero attached hydrogens (tertiary/aromatic N) is 20. The van der Waals surface area contributed by atoms with Crippen molar-refractivity contribution in [1.82, 2.24) is 104 Å². The van der Waals surface area contributed by atoms with Crippen molar-refractivity contribution >= 4 is 89.4 Å². The number of hydrogen-bond donors (Lipinski definition) is 1. The zero-order valence-electron chi connectivity index (χ0n) is 58.1. The molecule has 0 aliphatic heterocycles. The quantitative estimate of drug-likeness (QED) is 0.0834. The van der Waals surface area contributed by atoms with Gasteiger partial charge in [-0.3, -0.25) is 19.9 Å². The fraction of sp³-hybridized carbons (Fsp3) is 0.0886. The molecule has 0 amide bonds. The lowest BCUT2D eigenvalue weighted by molar-refractivity contribution is 0.296. The molecule has 0 atom stereocenters. The Morgan fingerprint density at radius 3 is 1.05 bits per heavy atom. The number of ether oxygens (including phenoxy) is 7. The van der Waals surface area contributed by atoms with Gasteiger partial charge in [0, 0.05) is 86.9 Å². The normalized spacial score (nSPS) is 11.1. The summed E-state index contributed by atoms with van der Waals surface area (Å²) in [6.45, 7) is 0.902. The maximum absolute atomic E-state index is 6.05. The molecule has 0 aliphatic carbocycles. The second-order valence-corrected chi connectivity index (χ2v) is 24.7. The first-order valence-electron chi connectivity index (χ1n) is 33.7. The summed E-state index contributed by atoms with van der Waals surface area (Å²) in [7, 11) is 4.89. The van der Waals surface area contributed by atoms with E-state index in [1.165, 1.54) is 0 Å². The highest BCUT2D eigenvalue weighted by atomic mass is 35.5. The molecule has 0 radical (unpaired) electrons. The largest absolute Gasteiger partial charge is 0.497 e. The van der Waals surface area contributed by atoms with E-state index in [-0.39, 0.29) is 26.4 Å². The van der Waals surface area contributed by atoms with Gasteiger partial charge in [-0.15, -0.1) is 40.8 Å². The first-order chi connectivity index (χ1) is 53.6. The highest BCUT2D eigenvalue weighted by molar-refractivity contribution is 6.31. The molecule has 28 nitrogen and oxygen atoms in total. The van der Waals surface area contributed by atoms with Crippen LogP contribution in [0.15, 0.2) is 249 Å². The van der Waals surface area contributed by atoms with Gasteiger partial charge in [0.15, 0.2) is 45.9 Å². The molecule has 13 heterocycles. The molecule has 1 N–H and O–H groups in total. The molecular formula is C79H59Cl2N21O7. The van der Waals surface area contributed by atoms with Crippen LogP contribution in [-0.4, -0.2) is 125 Å². The smallest absolute Gasteiger partial charge is 0.192 e. The van der Waals surface area contributed by atoms with Gasteiger partial charge in [0.05, 0.1) is 60.5 Å². The summed E-state index contributed by atoms with van der Waals surface area (Å²) in [5, 5.41) is 56.1. The third kappa shape index (κ3) is 15.3. The summed E-state index contributed by atoms with van der Waals surface area (Å²) in [5.41, 5.74) is 11.3. The molecule has 0 saturated heterocycles. The number of rotatable bonds is 18. The van der Waals surface area contributed by atoms with Gasteiger partial charge in [-0.1, -0.05) is 83.9 Å². The maximum atomic E-state index is 6.05. The Morgan fingerprint density at radius 2 is 0.670 bits per heavy atom. The van der Waals surface area contributed by atoms with Crippen LogP contribution < -0.4 is 33.2 Å². The number of hydrogen-bond acceptors (Lipinski definition) is 23. The number of H-pyrrole nitrogens is 1. The zero-order chi connectivity index (χ0) is 74.0. The molecule has 0 aliphatic rings. The summed E-state index contributed by atoms with van der Waals surface area (Å²) in [6.07, 6.45) is 8.67. The topological polar surface area (TPSA) is 304 Å². The van der Waals surface area contributed by atoms with Gasteiger partial charge >= 0.3 is 0 Å². The fourth-order valence-electron chi connectivity index (χ4n) is 11.7. The number of benzene rings is 6. The maximum Gasteiger partial charge on any atom is 0.192 e. The first kappa shape index (κ1) is 69.0. The molecule has 13 aromatic heterocycles. The highest BCUT2D eigenvalue weighted by Gasteiger charge is 2.17. The average Bonchev–Trinajstić information content (AvgIpc) is 1.69. The van der Waals surface area contributed by atoms with Crippen LogP contribution in [0.3, 0.4) is 0 Å². The molecule has 0 spiro atoms. The number of halogens is 2. The molecule has 30 heteroatoms. The molecule has 109 heavy (non-hydrogen) atoms. The van der Waals surface area contributed by atoms with Crippen LogP contribution in [0, 0.1) is 0 Å². The highest BCUT2D eigenvalue weighted by Crippen LogP contribution is 2.33. The summed E-state index contributed by atoms with van der Waals surface area (Å²) in [5.74, 6) is 7.49. The number of aromatic amines is 1. The van der Waals surface area contributed by atoms with Gasteiger partial charge in [0.1, 0.15) is 77.5 Å². The van der Waals surface area contributed by atoms with E-state index in [0.717, 1.165) is 94.8 Å². The standard InChI is InChI=1S/C22H17N5O2.C21H14ClN5O.C20H16N6O2.C16H12ClN5O2/c1-28-16-7-8-17-19(13-16)23-12-11-20(17)29-14-22-25-24-21-10-9-18(26-27(21)22)15-5-3-2-4-6-15;22-15-6-7-16-18(12-15)23-11-10-19(16)28-13-21-25-24-20-9-8-17(26-27(20)21)14-4-2-1-3-5-14;1-27-13-4-5-14-17(11-13)22-10-8-18(14)28-12-20-24-23-19-7-6-16(25-26(19)20)15-3-2-9-21-15;1-23-10-2-3-11-12(8-10)18-7-6-13(11)24-9-16-20-19-15-5-4-14(17)21-22(15)16/h2-13H,14H2,1H3;1-12H,13H2;2-11,21H,12H2,1H3;2-8H,9H2,1H3. The van der Waals surface area contributed by atoms with Crippen molar-refractivity contribution in [2.24, 2.45) is 0 Å². The second kappa shape index (κ2) is 31.5. The summed E-state index contributed by atoms with van der Waals surface area (Å²) >= 11 is 12.0. The summed E-state index contributed by atoms with van der Waals surface area (Å²) < 4.78 is 46.4. The van der Waals surface area contributed by atoms with Crippen LogP contribution in [0.5, 0.6) is 40.2 Å². The van der Waals surface area contributed by atoms with Crippen molar-refractivity contribution in [3.05, 3.63) is 283 Å². The minimum absolute atomic E-state index is 0.208. The van der Waals surface area contributed by atoms with Crippen LogP contribution in [-0.2, 0) is 26.4 Å². The van der Waals surface area contributed by atoms with E-state index < -0.39 is 0 Å². The average molecular weight is 1490 g/mol. The fourth-order valence-corrected chi connectivity index (χ4v) is 12.0. The SMILES string of the molecule is COc1ccc2c(OCc3nnc4ccc(-c5ccc[nH]5)nn34)ccnc2c1.COc1ccc2c(OCc3nnc4ccc(-c5ccccc5)nn34)ccnc2c1.COc1ccc2c(OCc3nnc4ccc(Cl)nn34)ccnc2c1.Clc1ccc2c(OCc3nnc4ccc(-c5ccccc5)nn34)ccnc2c1. The van der Waals surface area contributed by atoms with Crippen LogP contribution in [0.4, 0.5) is 0 Å². The molecule has 0 fully saturated rings. The Labute approximate surface area is 628 Å². The molecule has 0 saturated carbocycles. The third-order valence-corrected chi connectivity index (χ3v) is 17.5. The van der Waals surface area contributed by atoms with Crippen LogP contribution in [0.25, 0.3) is 100 Å². The van der Waals surface area contributed by atoms with E-state index in [9.17, 15) is 0 Å².